The van der Waals surface area contributed by atoms with Gasteiger partial charge in [-0.25, -0.2) is 8.78 Å². The zero-order valence-electron chi connectivity index (χ0n) is 10.3. The minimum absolute atomic E-state index is 0.0606. The van der Waals surface area contributed by atoms with Gasteiger partial charge >= 0.3 is 0 Å². The lowest BCUT2D eigenvalue weighted by molar-refractivity contribution is 0.304. The first-order valence-electron chi connectivity index (χ1n) is 5.67. The summed E-state index contributed by atoms with van der Waals surface area (Å²) < 4.78 is 32.3. The molecule has 0 aliphatic rings. The van der Waals surface area contributed by atoms with Crippen molar-refractivity contribution in [3.63, 3.8) is 0 Å². The van der Waals surface area contributed by atoms with Crippen molar-refractivity contribution >= 4 is 21.8 Å². The number of benzene rings is 2. The first kappa shape index (κ1) is 14.5. The summed E-state index contributed by atoms with van der Waals surface area (Å²) in [6.45, 7) is 0.0606. The molecule has 0 saturated heterocycles. The monoisotopic (exact) mass is 340 g/mol. The van der Waals surface area contributed by atoms with E-state index in [1.54, 1.807) is 6.07 Å². The third-order valence-electron chi connectivity index (χ3n) is 2.59. The van der Waals surface area contributed by atoms with Crippen LogP contribution in [0.1, 0.15) is 11.1 Å². The van der Waals surface area contributed by atoms with Gasteiger partial charge in [-0.1, -0.05) is 22.0 Å². The molecule has 2 rings (SSSR count). The maximum atomic E-state index is 13.2. The molecule has 2 aromatic carbocycles. The van der Waals surface area contributed by atoms with Gasteiger partial charge in [-0.2, -0.15) is 0 Å². The van der Waals surface area contributed by atoms with E-state index < -0.39 is 11.6 Å². The molecule has 0 fully saturated rings. The topological polar surface area (TPSA) is 59.1 Å². The Kier molecular flexibility index (Phi) is 4.34. The lowest BCUT2D eigenvalue weighted by atomic mass is 10.1. The van der Waals surface area contributed by atoms with Crippen LogP contribution in [0.5, 0.6) is 5.75 Å². The number of halogens is 3. The second-order valence-electron chi connectivity index (χ2n) is 4.11. The first-order chi connectivity index (χ1) is 9.45. The molecule has 3 N–H and O–H groups in total. The van der Waals surface area contributed by atoms with Crippen LogP contribution in [-0.4, -0.2) is 5.84 Å². The highest BCUT2D eigenvalue weighted by molar-refractivity contribution is 9.10. The van der Waals surface area contributed by atoms with Crippen LogP contribution in [0.3, 0.4) is 0 Å². The maximum absolute atomic E-state index is 13.2. The molecule has 0 aliphatic heterocycles. The van der Waals surface area contributed by atoms with Crippen molar-refractivity contribution in [1.82, 2.24) is 0 Å². The molecule has 3 nitrogen and oxygen atoms in total. The summed E-state index contributed by atoms with van der Waals surface area (Å²) in [6.07, 6.45) is 0. The number of amidine groups is 1. The summed E-state index contributed by atoms with van der Waals surface area (Å²) in [7, 11) is 0. The highest BCUT2D eigenvalue weighted by Crippen LogP contribution is 2.22. The molecule has 0 bridgehead atoms. The van der Waals surface area contributed by atoms with Crippen LogP contribution in [0.4, 0.5) is 8.78 Å². The molecule has 0 aliphatic carbocycles. The number of nitrogens with one attached hydrogen (secondary N) is 1. The van der Waals surface area contributed by atoms with Crippen molar-refractivity contribution in [2.45, 2.75) is 6.61 Å². The summed E-state index contributed by atoms with van der Waals surface area (Å²) in [5.41, 5.74) is 6.21. The average molecular weight is 341 g/mol. The van der Waals surface area contributed by atoms with Gasteiger partial charge in [-0.05, 0) is 24.3 Å². The van der Waals surface area contributed by atoms with E-state index in [2.05, 4.69) is 15.9 Å². The fraction of sp³-hybridized carbons (Fsp3) is 0.0714. The van der Waals surface area contributed by atoms with Crippen molar-refractivity contribution in [3.8, 4) is 5.75 Å². The highest BCUT2D eigenvalue weighted by Gasteiger charge is 2.08. The second-order valence-corrected chi connectivity index (χ2v) is 5.02. The summed E-state index contributed by atoms with van der Waals surface area (Å²) in [5, 5.41) is 7.41. The molecule has 0 heterocycles. The van der Waals surface area contributed by atoms with Crippen LogP contribution in [0.25, 0.3) is 0 Å². The number of hydrogen-bond donors (Lipinski definition) is 2. The Labute approximate surface area is 123 Å². The van der Waals surface area contributed by atoms with Gasteiger partial charge in [-0.3, -0.25) is 5.41 Å². The highest BCUT2D eigenvalue weighted by atomic mass is 79.9. The Morgan fingerprint density at radius 1 is 1.15 bits per heavy atom. The molecule has 0 spiro atoms. The number of nitrogens with two attached hydrogens (primary N) is 1. The molecule has 2 aromatic rings. The zero-order valence-corrected chi connectivity index (χ0v) is 11.9. The van der Waals surface area contributed by atoms with Crippen LogP contribution in [0, 0.1) is 17.0 Å². The Morgan fingerprint density at radius 3 is 2.55 bits per heavy atom. The van der Waals surface area contributed by atoms with Gasteiger partial charge in [0.2, 0.25) is 0 Å². The van der Waals surface area contributed by atoms with Crippen molar-refractivity contribution < 1.29 is 13.5 Å². The molecule has 20 heavy (non-hydrogen) atoms. The van der Waals surface area contributed by atoms with E-state index in [0.717, 1.165) is 0 Å². The molecule has 6 heteroatoms. The van der Waals surface area contributed by atoms with Gasteiger partial charge in [0.05, 0.1) is 0 Å². The second kappa shape index (κ2) is 6.00. The largest absolute Gasteiger partial charge is 0.489 e. The average Bonchev–Trinajstić information content (AvgIpc) is 2.36. The SMILES string of the molecule is N=C(N)c1cc(F)ccc1COc1cc(F)cc(Br)c1. The lowest BCUT2D eigenvalue weighted by Crippen LogP contribution is -2.15. The number of hydrogen-bond acceptors (Lipinski definition) is 2. The Bertz CT molecular complexity index is 641. The summed E-state index contributed by atoms with van der Waals surface area (Å²) in [6, 6.07) is 8.07. The van der Waals surface area contributed by atoms with Crippen LogP contribution in [0.2, 0.25) is 0 Å². The van der Waals surface area contributed by atoms with Gasteiger partial charge < -0.3 is 10.5 Å². The van der Waals surface area contributed by atoms with Gasteiger partial charge in [-0.15, -0.1) is 0 Å². The molecule has 0 radical (unpaired) electrons. The number of nitrogen functional groups attached to an aromatic ring is 1. The molecule has 0 unspecified atom stereocenters. The van der Waals surface area contributed by atoms with Crippen molar-refractivity contribution in [3.05, 3.63) is 63.6 Å². The van der Waals surface area contributed by atoms with Gasteiger partial charge in [0.15, 0.2) is 0 Å². The van der Waals surface area contributed by atoms with Crippen molar-refractivity contribution in [2.24, 2.45) is 5.73 Å². The molecule has 0 saturated carbocycles. The molecular formula is C14H11BrF2N2O. The fourth-order valence-corrected chi connectivity index (χ4v) is 2.14. The van der Waals surface area contributed by atoms with Crippen LogP contribution >= 0.6 is 15.9 Å². The molecule has 104 valence electrons. The van der Waals surface area contributed by atoms with E-state index in [4.69, 9.17) is 15.9 Å². The standard InChI is InChI=1S/C14H11BrF2N2O/c15-9-3-11(17)5-12(4-9)20-7-8-1-2-10(16)6-13(8)14(18)19/h1-6H,7H2,(H3,18,19). The van der Waals surface area contributed by atoms with Crippen LogP contribution < -0.4 is 10.5 Å². The van der Waals surface area contributed by atoms with Crippen molar-refractivity contribution in [1.29, 1.82) is 5.41 Å². The van der Waals surface area contributed by atoms with Crippen LogP contribution in [-0.2, 0) is 6.61 Å². The van der Waals surface area contributed by atoms with E-state index in [1.165, 1.54) is 30.3 Å². The van der Waals surface area contributed by atoms with Crippen molar-refractivity contribution in [2.75, 3.05) is 0 Å². The predicted octanol–water partition coefficient (Wildman–Crippen LogP) is 3.59. The third-order valence-corrected chi connectivity index (χ3v) is 3.05. The normalized spacial score (nSPS) is 10.3. The van der Waals surface area contributed by atoms with E-state index in [9.17, 15) is 8.78 Å². The minimum Gasteiger partial charge on any atom is -0.489 e. The van der Waals surface area contributed by atoms with Gasteiger partial charge in [0.1, 0.15) is 29.8 Å². The molecule has 0 atom stereocenters. The van der Waals surface area contributed by atoms with E-state index in [1.807, 2.05) is 0 Å². The smallest absolute Gasteiger partial charge is 0.128 e. The van der Waals surface area contributed by atoms with Gasteiger partial charge in [0.25, 0.3) is 0 Å². The molecule has 0 amide bonds. The lowest BCUT2D eigenvalue weighted by Gasteiger charge is -2.11. The first-order valence-corrected chi connectivity index (χ1v) is 6.47. The number of rotatable bonds is 4. The Morgan fingerprint density at radius 2 is 1.90 bits per heavy atom. The summed E-state index contributed by atoms with van der Waals surface area (Å²) in [4.78, 5) is 0. The predicted molar refractivity (Wildman–Crippen MR) is 75.8 cm³/mol. The maximum Gasteiger partial charge on any atom is 0.128 e. The third kappa shape index (κ3) is 3.54. The van der Waals surface area contributed by atoms with E-state index in [0.29, 0.717) is 15.8 Å². The summed E-state index contributed by atoms with van der Waals surface area (Å²) in [5.74, 6) is -0.827. The van der Waals surface area contributed by atoms with Gasteiger partial charge in [0, 0.05) is 21.7 Å². The molecular weight excluding hydrogens is 330 g/mol. The number of ether oxygens (including phenoxy) is 1. The van der Waals surface area contributed by atoms with E-state index in [-0.39, 0.29) is 18.0 Å². The molecule has 0 aromatic heterocycles. The quantitative estimate of drug-likeness (QED) is 0.660. The fourth-order valence-electron chi connectivity index (χ4n) is 1.70. The minimum atomic E-state index is -0.479. The summed E-state index contributed by atoms with van der Waals surface area (Å²) >= 11 is 3.16. The van der Waals surface area contributed by atoms with Crippen LogP contribution in [0.15, 0.2) is 40.9 Å². The van der Waals surface area contributed by atoms with E-state index >= 15 is 0 Å². The Hall–Kier alpha value is -1.95. The Balaban J connectivity index is 2.20. The zero-order chi connectivity index (χ0) is 14.7.